The number of aliphatic hydroxyl groups excluding tert-OH is 1. The third-order valence-electron chi connectivity index (χ3n) is 2.88. The Kier molecular flexibility index (Phi) is 3.12. The lowest BCUT2D eigenvalue weighted by Gasteiger charge is -2.12. The Morgan fingerprint density at radius 2 is 1.94 bits per heavy atom. The summed E-state index contributed by atoms with van der Waals surface area (Å²) in [6.45, 7) is 0. The van der Waals surface area contributed by atoms with Gasteiger partial charge >= 0.3 is 6.18 Å². The Bertz CT molecular complexity index is 409. The van der Waals surface area contributed by atoms with Crippen LogP contribution in [-0.2, 0) is 6.42 Å². The average molecular weight is 248 g/mol. The normalized spacial score (nSPS) is 18.2. The van der Waals surface area contributed by atoms with Crippen LogP contribution in [0.3, 0.4) is 0 Å². The summed E-state index contributed by atoms with van der Waals surface area (Å²) >= 11 is 0. The van der Waals surface area contributed by atoms with E-state index in [4.69, 9.17) is 0 Å². The maximum Gasteiger partial charge on any atom is 0.393 e. The van der Waals surface area contributed by atoms with E-state index in [0.717, 1.165) is 25.0 Å². The van der Waals surface area contributed by atoms with Crippen molar-refractivity contribution in [3.8, 4) is 0 Å². The van der Waals surface area contributed by atoms with Crippen molar-refractivity contribution >= 4 is 0 Å². The smallest absolute Gasteiger partial charge is 0.388 e. The van der Waals surface area contributed by atoms with E-state index in [9.17, 15) is 22.7 Å². The summed E-state index contributed by atoms with van der Waals surface area (Å²) < 4.78 is 49.7. The second-order valence-electron chi connectivity index (χ2n) is 4.43. The van der Waals surface area contributed by atoms with Crippen LogP contribution in [-0.4, -0.2) is 11.3 Å². The van der Waals surface area contributed by atoms with E-state index in [1.807, 2.05) is 0 Å². The van der Waals surface area contributed by atoms with Crippen molar-refractivity contribution in [2.24, 2.45) is 5.92 Å². The fourth-order valence-corrected chi connectivity index (χ4v) is 1.79. The van der Waals surface area contributed by atoms with Crippen LogP contribution < -0.4 is 0 Å². The van der Waals surface area contributed by atoms with E-state index in [1.54, 1.807) is 0 Å². The Hall–Kier alpha value is -1.10. The summed E-state index contributed by atoms with van der Waals surface area (Å²) in [5.41, 5.74) is -0.0276. The molecule has 17 heavy (non-hydrogen) atoms. The van der Waals surface area contributed by atoms with Crippen molar-refractivity contribution in [1.29, 1.82) is 0 Å². The number of aliphatic hydroxyl groups is 1. The molecule has 2 rings (SSSR count). The first-order valence-electron chi connectivity index (χ1n) is 5.40. The quantitative estimate of drug-likeness (QED) is 0.813. The van der Waals surface area contributed by atoms with Gasteiger partial charge in [-0.25, -0.2) is 4.39 Å². The predicted molar refractivity (Wildman–Crippen MR) is 53.8 cm³/mol. The first-order valence-corrected chi connectivity index (χ1v) is 5.40. The van der Waals surface area contributed by atoms with Crippen molar-refractivity contribution in [2.75, 3.05) is 0 Å². The Morgan fingerprint density at radius 1 is 1.29 bits per heavy atom. The summed E-state index contributed by atoms with van der Waals surface area (Å²) in [5.74, 6) is -0.776. The van der Waals surface area contributed by atoms with Crippen LogP contribution >= 0.6 is 0 Å². The minimum Gasteiger partial charge on any atom is -0.388 e. The molecule has 1 aliphatic rings. The summed E-state index contributed by atoms with van der Waals surface area (Å²) in [6.07, 6.45) is -4.69. The minimum absolute atomic E-state index is 0.128. The van der Waals surface area contributed by atoms with Crippen molar-refractivity contribution in [2.45, 2.75) is 31.5 Å². The third-order valence-corrected chi connectivity index (χ3v) is 2.88. The molecule has 94 valence electrons. The molecule has 1 unspecified atom stereocenters. The lowest BCUT2D eigenvalue weighted by atomic mass is 10.0. The number of alkyl halides is 3. The van der Waals surface area contributed by atoms with E-state index in [-0.39, 0.29) is 11.5 Å². The fraction of sp³-hybridized carbons (Fsp3) is 0.500. The molecular weight excluding hydrogens is 236 g/mol. The molecule has 0 bridgehead atoms. The second kappa shape index (κ2) is 4.29. The Balaban J connectivity index is 2.16. The molecule has 1 saturated carbocycles. The molecule has 0 heterocycles. The van der Waals surface area contributed by atoms with Gasteiger partial charge in [0.05, 0.1) is 12.5 Å². The zero-order valence-corrected chi connectivity index (χ0v) is 8.97. The van der Waals surface area contributed by atoms with Crippen molar-refractivity contribution < 1.29 is 22.7 Å². The molecule has 1 aromatic carbocycles. The lowest BCUT2D eigenvalue weighted by Crippen LogP contribution is -2.13. The molecule has 0 saturated heterocycles. The predicted octanol–water partition coefficient (Wildman–Crippen LogP) is 3.37. The number of benzene rings is 1. The topological polar surface area (TPSA) is 20.2 Å². The van der Waals surface area contributed by atoms with Crippen LogP contribution in [0.15, 0.2) is 18.2 Å². The average Bonchev–Trinajstić information content (AvgIpc) is 3.01. The van der Waals surface area contributed by atoms with Gasteiger partial charge < -0.3 is 5.11 Å². The highest BCUT2D eigenvalue weighted by atomic mass is 19.4. The molecule has 1 atom stereocenters. The Labute approximate surface area is 96.1 Å². The molecule has 1 fully saturated rings. The zero-order chi connectivity index (χ0) is 12.6. The molecule has 0 radical (unpaired) electrons. The minimum atomic E-state index is -4.42. The first-order chi connectivity index (χ1) is 7.87. The highest BCUT2D eigenvalue weighted by Gasteiger charge is 2.32. The standard InChI is InChI=1S/C12H12F4O/c13-10-5-8(11(17)7-1-2-7)3-4-9(10)6-12(14,15)16/h3-5,7,11,17H,1-2,6H2. The van der Waals surface area contributed by atoms with E-state index in [2.05, 4.69) is 0 Å². The molecule has 1 aliphatic carbocycles. The molecule has 1 aromatic rings. The molecule has 0 aromatic heterocycles. The lowest BCUT2D eigenvalue weighted by molar-refractivity contribution is -0.127. The van der Waals surface area contributed by atoms with E-state index in [1.165, 1.54) is 6.07 Å². The molecule has 5 heteroatoms. The largest absolute Gasteiger partial charge is 0.393 e. The van der Waals surface area contributed by atoms with Crippen LogP contribution in [0.1, 0.15) is 30.1 Å². The van der Waals surface area contributed by atoms with Crippen LogP contribution in [0.2, 0.25) is 0 Å². The van der Waals surface area contributed by atoms with Crippen molar-refractivity contribution in [3.05, 3.63) is 35.1 Å². The van der Waals surface area contributed by atoms with Gasteiger partial charge in [-0.1, -0.05) is 12.1 Å². The zero-order valence-electron chi connectivity index (χ0n) is 8.97. The van der Waals surface area contributed by atoms with E-state index >= 15 is 0 Å². The van der Waals surface area contributed by atoms with Gasteiger partial charge in [-0.2, -0.15) is 13.2 Å². The summed E-state index contributed by atoms with van der Waals surface area (Å²) in [4.78, 5) is 0. The summed E-state index contributed by atoms with van der Waals surface area (Å²) in [6, 6.07) is 3.47. The monoisotopic (exact) mass is 248 g/mol. The van der Waals surface area contributed by atoms with Crippen LogP contribution in [0.5, 0.6) is 0 Å². The number of hydrogen-bond donors (Lipinski definition) is 1. The first kappa shape index (κ1) is 12.4. The van der Waals surface area contributed by atoms with Gasteiger partial charge in [0.1, 0.15) is 5.82 Å². The van der Waals surface area contributed by atoms with Crippen LogP contribution in [0.4, 0.5) is 17.6 Å². The van der Waals surface area contributed by atoms with Gasteiger partial charge in [0.15, 0.2) is 0 Å². The summed E-state index contributed by atoms with van der Waals surface area (Å²) in [7, 11) is 0. The molecule has 1 nitrogen and oxygen atoms in total. The SMILES string of the molecule is OC(c1ccc(CC(F)(F)F)c(F)c1)C1CC1. The highest BCUT2D eigenvalue weighted by Crippen LogP contribution is 2.41. The van der Waals surface area contributed by atoms with Gasteiger partial charge in [0.2, 0.25) is 0 Å². The summed E-state index contributed by atoms with van der Waals surface area (Å²) in [5, 5.41) is 9.72. The van der Waals surface area contributed by atoms with Gasteiger partial charge in [0, 0.05) is 0 Å². The van der Waals surface area contributed by atoms with Gasteiger partial charge in [-0.3, -0.25) is 0 Å². The second-order valence-corrected chi connectivity index (χ2v) is 4.43. The Morgan fingerprint density at radius 3 is 2.41 bits per heavy atom. The molecular formula is C12H12F4O. The molecule has 0 amide bonds. The molecule has 0 aliphatic heterocycles. The maximum atomic E-state index is 13.4. The van der Waals surface area contributed by atoms with Gasteiger partial charge in [-0.15, -0.1) is 0 Å². The van der Waals surface area contributed by atoms with Crippen molar-refractivity contribution in [1.82, 2.24) is 0 Å². The highest BCUT2D eigenvalue weighted by molar-refractivity contribution is 5.27. The van der Waals surface area contributed by atoms with E-state index < -0.39 is 24.5 Å². The van der Waals surface area contributed by atoms with Crippen LogP contribution in [0, 0.1) is 11.7 Å². The molecule has 1 N–H and O–H groups in total. The number of rotatable bonds is 3. The number of halogens is 4. The fourth-order valence-electron chi connectivity index (χ4n) is 1.79. The van der Waals surface area contributed by atoms with Gasteiger partial charge in [-0.05, 0) is 36.0 Å². The number of hydrogen-bond acceptors (Lipinski definition) is 1. The third kappa shape index (κ3) is 3.19. The van der Waals surface area contributed by atoms with Crippen LogP contribution in [0.25, 0.3) is 0 Å². The molecule has 0 spiro atoms. The van der Waals surface area contributed by atoms with Gasteiger partial charge in [0.25, 0.3) is 0 Å². The van der Waals surface area contributed by atoms with Crippen molar-refractivity contribution in [3.63, 3.8) is 0 Å². The maximum absolute atomic E-state index is 13.4. The van der Waals surface area contributed by atoms with E-state index in [0.29, 0.717) is 5.56 Å².